The standard InChI is InChI=1S/C19H28BNO5/c1-13(22)21-12-15(20-25-18(2,3)19(4,5)26-20)10-14-8-9-16(23-6)11-17(14)24-7/h8-11H,12H2,1-7H3,(H,21,22). The number of amides is 1. The van der Waals surface area contributed by atoms with Gasteiger partial charge in [-0.05, 0) is 45.3 Å². The molecular formula is C19H28BNO5. The number of methoxy groups -OCH3 is 2. The van der Waals surface area contributed by atoms with E-state index in [0.29, 0.717) is 18.0 Å². The fourth-order valence-corrected chi connectivity index (χ4v) is 2.56. The lowest BCUT2D eigenvalue weighted by molar-refractivity contribution is -0.118. The van der Waals surface area contributed by atoms with Crippen molar-refractivity contribution in [3.8, 4) is 11.5 Å². The maximum atomic E-state index is 11.4. The Balaban J connectivity index is 2.39. The van der Waals surface area contributed by atoms with Crippen molar-refractivity contribution in [1.29, 1.82) is 0 Å². The number of ether oxygens (including phenoxy) is 2. The van der Waals surface area contributed by atoms with Gasteiger partial charge in [0.2, 0.25) is 5.91 Å². The molecule has 26 heavy (non-hydrogen) atoms. The number of carbonyl (C=O) groups excluding carboxylic acids is 1. The summed E-state index contributed by atoms with van der Waals surface area (Å²) in [6, 6.07) is 5.57. The van der Waals surface area contributed by atoms with Gasteiger partial charge in [-0.2, -0.15) is 0 Å². The van der Waals surface area contributed by atoms with Crippen molar-refractivity contribution in [2.75, 3.05) is 20.8 Å². The fraction of sp³-hybridized carbons (Fsp3) is 0.526. The van der Waals surface area contributed by atoms with Crippen LogP contribution in [0, 0.1) is 0 Å². The molecule has 0 saturated carbocycles. The van der Waals surface area contributed by atoms with Crippen molar-refractivity contribution in [2.24, 2.45) is 0 Å². The second-order valence-electron chi connectivity index (χ2n) is 7.33. The Morgan fingerprint density at radius 3 is 2.27 bits per heavy atom. The molecule has 1 aromatic carbocycles. The topological polar surface area (TPSA) is 66.0 Å². The van der Waals surface area contributed by atoms with Crippen molar-refractivity contribution < 1.29 is 23.6 Å². The van der Waals surface area contributed by atoms with Crippen molar-refractivity contribution in [2.45, 2.75) is 45.8 Å². The summed E-state index contributed by atoms with van der Waals surface area (Å²) in [5.41, 5.74) is 0.735. The number of benzene rings is 1. The molecule has 0 unspecified atom stereocenters. The van der Waals surface area contributed by atoms with Gasteiger partial charge in [0, 0.05) is 25.1 Å². The lowest BCUT2D eigenvalue weighted by atomic mass is 9.77. The summed E-state index contributed by atoms with van der Waals surface area (Å²) in [5.74, 6) is 1.26. The molecule has 0 atom stereocenters. The first-order chi connectivity index (χ1) is 12.1. The molecule has 0 spiro atoms. The van der Waals surface area contributed by atoms with Crippen LogP contribution in [0.2, 0.25) is 0 Å². The lowest BCUT2D eigenvalue weighted by Crippen LogP contribution is -2.41. The van der Waals surface area contributed by atoms with E-state index in [1.165, 1.54) is 6.92 Å². The molecule has 1 N–H and O–H groups in total. The first-order valence-electron chi connectivity index (χ1n) is 8.62. The Bertz CT molecular complexity index is 683. The molecule has 0 aromatic heterocycles. The van der Waals surface area contributed by atoms with Gasteiger partial charge in [-0.15, -0.1) is 0 Å². The van der Waals surface area contributed by atoms with Crippen LogP contribution >= 0.6 is 0 Å². The Labute approximate surface area is 156 Å². The van der Waals surface area contributed by atoms with Crippen LogP contribution < -0.4 is 14.8 Å². The van der Waals surface area contributed by atoms with E-state index in [2.05, 4.69) is 5.32 Å². The molecule has 1 amide bonds. The van der Waals surface area contributed by atoms with Gasteiger partial charge in [0.15, 0.2) is 0 Å². The van der Waals surface area contributed by atoms with Gasteiger partial charge in [0.1, 0.15) is 11.5 Å². The molecule has 7 heteroatoms. The Morgan fingerprint density at radius 1 is 1.15 bits per heavy atom. The lowest BCUT2D eigenvalue weighted by Gasteiger charge is -2.32. The van der Waals surface area contributed by atoms with Crippen LogP contribution in [0.25, 0.3) is 6.08 Å². The van der Waals surface area contributed by atoms with E-state index in [-0.39, 0.29) is 5.91 Å². The Hall–Kier alpha value is -1.99. The summed E-state index contributed by atoms with van der Waals surface area (Å²) >= 11 is 0. The number of hydrogen-bond acceptors (Lipinski definition) is 5. The molecule has 1 saturated heterocycles. The summed E-state index contributed by atoms with van der Waals surface area (Å²) in [6.45, 7) is 9.79. The third kappa shape index (κ3) is 4.40. The van der Waals surface area contributed by atoms with E-state index >= 15 is 0 Å². The van der Waals surface area contributed by atoms with Crippen LogP contribution in [0.4, 0.5) is 0 Å². The quantitative estimate of drug-likeness (QED) is 0.790. The first-order valence-corrected chi connectivity index (χ1v) is 8.62. The van der Waals surface area contributed by atoms with Gasteiger partial charge in [0.05, 0.1) is 25.4 Å². The monoisotopic (exact) mass is 361 g/mol. The minimum absolute atomic E-state index is 0.117. The van der Waals surface area contributed by atoms with E-state index in [0.717, 1.165) is 11.0 Å². The third-order valence-electron chi connectivity index (χ3n) is 4.88. The zero-order chi connectivity index (χ0) is 19.5. The predicted octanol–water partition coefficient (Wildman–Crippen LogP) is 2.85. The molecule has 1 aliphatic heterocycles. The Kier molecular flexibility index (Phi) is 6.03. The van der Waals surface area contributed by atoms with Crippen LogP contribution in [0.1, 0.15) is 40.2 Å². The molecular weight excluding hydrogens is 333 g/mol. The zero-order valence-electron chi connectivity index (χ0n) is 16.6. The first kappa shape index (κ1) is 20.3. The molecule has 1 heterocycles. The average Bonchev–Trinajstić information content (AvgIpc) is 2.79. The van der Waals surface area contributed by atoms with Gasteiger partial charge in [-0.1, -0.05) is 6.08 Å². The van der Waals surface area contributed by atoms with E-state index in [1.807, 2.05) is 52.0 Å². The highest BCUT2D eigenvalue weighted by atomic mass is 16.7. The fourth-order valence-electron chi connectivity index (χ4n) is 2.56. The molecule has 0 aliphatic carbocycles. The van der Waals surface area contributed by atoms with E-state index in [4.69, 9.17) is 18.8 Å². The second-order valence-corrected chi connectivity index (χ2v) is 7.33. The molecule has 142 valence electrons. The van der Waals surface area contributed by atoms with Crippen molar-refractivity contribution in [1.82, 2.24) is 5.32 Å². The van der Waals surface area contributed by atoms with Gasteiger partial charge in [0.25, 0.3) is 0 Å². The molecule has 2 rings (SSSR count). The summed E-state index contributed by atoms with van der Waals surface area (Å²) in [5, 5.41) is 2.82. The average molecular weight is 361 g/mol. The van der Waals surface area contributed by atoms with Gasteiger partial charge >= 0.3 is 7.12 Å². The molecule has 6 nitrogen and oxygen atoms in total. The molecule has 1 aliphatic rings. The second kappa shape index (κ2) is 7.72. The van der Waals surface area contributed by atoms with Crippen molar-refractivity contribution in [3.05, 3.63) is 29.2 Å². The summed E-state index contributed by atoms with van der Waals surface area (Å²) in [6.07, 6.45) is 1.93. The van der Waals surface area contributed by atoms with Gasteiger partial charge < -0.3 is 24.1 Å². The van der Waals surface area contributed by atoms with E-state index in [9.17, 15) is 4.79 Å². The zero-order valence-corrected chi connectivity index (χ0v) is 16.6. The van der Waals surface area contributed by atoms with Crippen molar-refractivity contribution in [3.63, 3.8) is 0 Å². The minimum Gasteiger partial charge on any atom is -0.497 e. The van der Waals surface area contributed by atoms with Gasteiger partial charge in [-0.3, -0.25) is 4.79 Å². The molecule has 0 radical (unpaired) electrons. The van der Waals surface area contributed by atoms with E-state index < -0.39 is 18.3 Å². The highest BCUT2D eigenvalue weighted by molar-refractivity contribution is 6.56. The maximum Gasteiger partial charge on any atom is 0.492 e. The predicted molar refractivity (Wildman–Crippen MR) is 102 cm³/mol. The highest BCUT2D eigenvalue weighted by Crippen LogP contribution is 2.39. The smallest absolute Gasteiger partial charge is 0.492 e. The normalized spacial score (nSPS) is 18.6. The summed E-state index contributed by atoms with van der Waals surface area (Å²) in [7, 11) is 2.66. The van der Waals surface area contributed by atoms with E-state index in [1.54, 1.807) is 14.2 Å². The van der Waals surface area contributed by atoms with Crippen LogP contribution in [0.15, 0.2) is 23.7 Å². The van der Waals surface area contributed by atoms with Crippen molar-refractivity contribution >= 4 is 19.1 Å². The molecule has 1 fully saturated rings. The molecule has 0 bridgehead atoms. The SMILES string of the molecule is COc1ccc(C=C(CNC(C)=O)B2OC(C)(C)C(C)(C)O2)c(OC)c1. The minimum atomic E-state index is -0.557. The largest absolute Gasteiger partial charge is 0.497 e. The van der Waals surface area contributed by atoms with Crippen LogP contribution in [-0.4, -0.2) is 45.0 Å². The highest BCUT2D eigenvalue weighted by Gasteiger charge is 2.52. The number of hydrogen-bond donors (Lipinski definition) is 1. The number of carbonyl (C=O) groups is 1. The summed E-state index contributed by atoms with van der Waals surface area (Å²) < 4.78 is 23.0. The molecule has 1 aromatic rings. The summed E-state index contributed by atoms with van der Waals surface area (Å²) in [4.78, 5) is 11.4. The van der Waals surface area contributed by atoms with Crippen LogP contribution in [0.5, 0.6) is 11.5 Å². The van der Waals surface area contributed by atoms with Crippen LogP contribution in [-0.2, 0) is 14.1 Å². The van der Waals surface area contributed by atoms with Gasteiger partial charge in [-0.25, -0.2) is 0 Å². The number of rotatable bonds is 6. The third-order valence-corrected chi connectivity index (χ3v) is 4.88. The number of nitrogens with one attached hydrogen (secondary N) is 1. The Morgan fingerprint density at radius 2 is 1.77 bits per heavy atom. The maximum absolute atomic E-state index is 11.4. The van der Waals surface area contributed by atoms with Crippen LogP contribution in [0.3, 0.4) is 0 Å².